The van der Waals surface area contributed by atoms with E-state index in [1.807, 2.05) is 56.0 Å². The summed E-state index contributed by atoms with van der Waals surface area (Å²) in [6.07, 6.45) is 1.82. The summed E-state index contributed by atoms with van der Waals surface area (Å²) in [6, 6.07) is 9.58. The molecule has 0 aromatic heterocycles. The largest absolute Gasteiger partial charge is 0.351 e. The molecule has 1 aromatic carbocycles. The smallest absolute Gasteiger partial charge is 0.241 e. The zero-order valence-corrected chi connectivity index (χ0v) is 13.2. The molecule has 1 aliphatic heterocycles. The molecule has 1 aromatic rings. The summed E-state index contributed by atoms with van der Waals surface area (Å²) in [5, 5.41) is 0. The van der Waals surface area contributed by atoms with Crippen LogP contribution in [0.25, 0.3) is 0 Å². The first-order valence-electron chi connectivity index (χ1n) is 7.69. The quantitative estimate of drug-likeness (QED) is 0.906. The van der Waals surface area contributed by atoms with E-state index in [1.54, 1.807) is 0 Å². The molecule has 1 fully saturated rings. The lowest BCUT2D eigenvalue weighted by molar-refractivity contribution is -0.166. The predicted molar refractivity (Wildman–Crippen MR) is 83.4 cm³/mol. The van der Waals surface area contributed by atoms with Crippen molar-refractivity contribution < 1.29 is 9.53 Å². The number of hydrogen-bond donors (Lipinski definition) is 1. The van der Waals surface area contributed by atoms with Gasteiger partial charge in [0.15, 0.2) is 0 Å². The summed E-state index contributed by atoms with van der Waals surface area (Å²) in [7, 11) is 0. The second-order valence-corrected chi connectivity index (χ2v) is 6.31. The van der Waals surface area contributed by atoms with E-state index in [2.05, 4.69) is 0 Å². The third-order valence-corrected chi connectivity index (χ3v) is 4.26. The molecule has 0 spiro atoms. The SMILES string of the molecule is CC(C)C(N)C(=O)N1CCCC1(C)OCc1ccccc1. The van der Waals surface area contributed by atoms with Gasteiger partial charge >= 0.3 is 0 Å². The van der Waals surface area contributed by atoms with Crippen LogP contribution in [-0.4, -0.2) is 29.1 Å². The average molecular weight is 290 g/mol. The fourth-order valence-electron chi connectivity index (χ4n) is 2.71. The number of nitrogens with zero attached hydrogens (tertiary/aromatic N) is 1. The van der Waals surface area contributed by atoms with E-state index >= 15 is 0 Å². The average Bonchev–Trinajstić information content (AvgIpc) is 2.87. The molecule has 2 atom stereocenters. The minimum Gasteiger partial charge on any atom is -0.351 e. The van der Waals surface area contributed by atoms with Gasteiger partial charge in [0.2, 0.25) is 5.91 Å². The summed E-state index contributed by atoms with van der Waals surface area (Å²) < 4.78 is 6.09. The molecule has 1 saturated heterocycles. The first-order chi connectivity index (χ1) is 9.94. The van der Waals surface area contributed by atoms with Gasteiger partial charge in [0, 0.05) is 6.54 Å². The first-order valence-corrected chi connectivity index (χ1v) is 7.69. The van der Waals surface area contributed by atoms with Gasteiger partial charge in [-0.05, 0) is 31.2 Å². The Morgan fingerprint density at radius 2 is 2.05 bits per heavy atom. The van der Waals surface area contributed by atoms with E-state index in [0.717, 1.165) is 24.9 Å². The zero-order valence-electron chi connectivity index (χ0n) is 13.2. The third-order valence-electron chi connectivity index (χ3n) is 4.26. The maximum atomic E-state index is 12.5. The van der Waals surface area contributed by atoms with Crippen molar-refractivity contribution in [2.45, 2.75) is 52.0 Å². The standard InChI is InChI=1S/C17H26N2O2/c1-13(2)15(18)16(20)19-11-7-10-17(19,3)21-12-14-8-5-4-6-9-14/h4-6,8-9,13,15H,7,10-12,18H2,1-3H3. The van der Waals surface area contributed by atoms with Gasteiger partial charge in [0.05, 0.1) is 12.6 Å². The lowest BCUT2D eigenvalue weighted by atomic mass is 10.0. The lowest BCUT2D eigenvalue weighted by Crippen LogP contribution is -2.54. The predicted octanol–water partition coefficient (Wildman–Crippen LogP) is 2.53. The Labute approximate surface area is 127 Å². The number of amides is 1. The van der Waals surface area contributed by atoms with Crippen LogP contribution >= 0.6 is 0 Å². The number of carbonyl (C=O) groups excluding carboxylic acids is 1. The van der Waals surface area contributed by atoms with Crippen molar-refractivity contribution in [3.05, 3.63) is 35.9 Å². The Morgan fingerprint density at radius 3 is 2.67 bits per heavy atom. The molecule has 0 aliphatic carbocycles. The van der Waals surface area contributed by atoms with E-state index in [0.29, 0.717) is 6.61 Å². The number of rotatable bonds is 5. The van der Waals surface area contributed by atoms with Gasteiger partial charge in [-0.15, -0.1) is 0 Å². The molecule has 4 heteroatoms. The van der Waals surface area contributed by atoms with E-state index in [4.69, 9.17) is 10.5 Å². The molecule has 1 heterocycles. The fraction of sp³-hybridized carbons (Fsp3) is 0.588. The highest BCUT2D eigenvalue weighted by Crippen LogP contribution is 2.32. The van der Waals surface area contributed by atoms with Gasteiger partial charge in [0.25, 0.3) is 0 Å². The van der Waals surface area contributed by atoms with Crippen LogP contribution in [0.1, 0.15) is 39.2 Å². The summed E-state index contributed by atoms with van der Waals surface area (Å²) in [4.78, 5) is 14.4. The van der Waals surface area contributed by atoms with Crippen LogP contribution < -0.4 is 5.73 Å². The maximum Gasteiger partial charge on any atom is 0.241 e. The highest BCUT2D eigenvalue weighted by molar-refractivity contribution is 5.82. The Balaban J connectivity index is 2.04. The second-order valence-electron chi connectivity index (χ2n) is 6.31. The molecule has 2 unspecified atom stereocenters. The monoisotopic (exact) mass is 290 g/mol. The van der Waals surface area contributed by atoms with Crippen molar-refractivity contribution in [2.24, 2.45) is 11.7 Å². The normalized spacial score (nSPS) is 23.6. The molecule has 116 valence electrons. The molecular weight excluding hydrogens is 264 g/mol. The fourth-order valence-corrected chi connectivity index (χ4v) is 2.71. The molecule has 1 aliphatic rings. The van der Waals surface area contributed by atoms with E-state index in [9.17, 15) is 4.79 Å². The van der Waals surface area contributed by atoms with Crippen LogP contribution in [0.5, 0.6) is 0 Å². The Bertz CT molecular complexity index is 475. The van der Waals surface area contributed by atoms with Gasteiger partial charge in [-0.2, -0.15) is 0 Å². The number of hydrogen-bond acceptors (Lipinski definition) is 3. The first kappa shape index (κ1) is 16.0. The maximum absolute atomic E-state index is 12.5. The van der Waals surface area contributed by atoms with Crippen molar-refractivity contribution in [1.82, 2.24) is 4.90 Å². The molecule has 21 heavy (non-hydrogen) atoms. The topological polar surface area (TPSA) is 55.6 Å². The minimum absolute atomic E-state index is 0.00179. The molecule has 0 bridgehead atoms. The molecule has 0 saturated carbocycles. The highest BCUT2D eigenvalue weighted by Gasteiger charge is 2.42. The van der Waals surface area contributed by atoms with Crippen LogP contribution in [0.4, 0.5) is 0 Å². The van der Waals surface area contributed by atoms with Crippen molar-refractivity contribution >= 4 is 5.91 Å². The Morgan fingerprint density at radius 1 is 1.38 bits per heavy atom. The van der Waals surface area contributed by atoms with Gasteiger partial charge in [-0.25, -0.2) is 0 Å². The van der Waals surface area contributed by atoms with Crippen molar-refractivity contribution in [3.8, 4) is 0 Å². The summed E-state index contributed by atoms with van der Waals surface area (Å²) in [5.74, 6) is 0.134. The van der Waals surface area contributed by atoms with Gasteiger partial charge in [-0.1, -0.05) is 44.2 Å². The second kappa shape index (κ2) is 6.58. The van der Waals surface area contributed by atoms with Crippen molar-refractivity contribution in [1.29, 1.82) is 0 Å². The molecule has 4 nitrogen and oxygen atoms in total. The van der Waals surface area contributed by atoms with Gasteiger partial charge < -0.3 is 15.4 Å². The molecule has 2 rings (SSSR count). The zero-order chi connectivity index (χ0) is 15.5. The summed E-state index contributed by atoms with van der Waals surface area (Å²) >= 11 is 0. The number of carbonyl (C=O) groups is 1. The number of likely N-dealkylation sites (tertiary alicyclic amines) is 1. The van der Waals surface area contributed by atoms with Crippen LogP contribution in [0.3, 0.4) is 0 Å². The molecule has 2 N–H and O–H groups in total. The van der Waals surface area contributed by atoms with Crippen molar-refractivity contribution in [3.63, 3.8) is 0 Å². The molecule has 0 radical (unpaired) electrons. The van der Waals surface area contributed by atoms with Crippen LogP contribution in [0, 0.1) is 5.92 Å². The highest BCUT2D eigenvalue weighted by atomic mass is 16.5. The molecule has 1 amide bonds. The third kappa shape index (κ3) is 3.63. The van der Waals surface area contributed by atoms with E-state index in [1.165, 1.54) is 0 Å². The van der Waals surface area contributed by atoms with E-state index < -0.39 is 11.8 Å². The van der Waals surface area contributed by atoms with Crippen LogP contribution in [0.15, 0.2) is 30.3 Å². The lowest BCUT2D eigenvalue weighted by Gasteiger charge is -2.37. The number of nitrogens with two attached hydrogens (primary N) is 1. The summed E-state index contributed by atoms with van der Waals surface area (Å²) in [6.45, 7) is 7.18. The van der Waals surface area contributed by atoms with Crippen LogP contribution in [0.2, 0.25) is 0 Å². The van der Waals surface area contributed by atoms with Crippen molar-refractivity contribution in [2.75, 3.05) is 6.54 Å². The Kier molecular flexibility index (Phi) is 5.01. The minimum atomic E-state index is -0.542. The summed E-state index contributed by atoms with van der Waals surface area (Å²) in [5.41, 5.74) is 6.60. The molecular formula is C17H26N2O2. The number of ether oxygens (including phenoxy) is 1. The van der Waals surface area contributed by atoms with E-state index in [-0.39, 0.29) is 11.8 Å². The number of benzene rings is 1. The van der Waals surface area contributed by atoms with Gasteiger partial charge in [0.1, 0.15) is 5.72 Å². The van der Waals surface area contributed by atoms with Gasteiger partial charge in [-0.3, -0.25) is 4.79 Å². The Hall–Kier alpha value is -1.39. The van der Waals surface area contributed by atoms with Crippen LogP contribution in [-0.2, 0) is 16.1 Å².